The largest absolute Gasteiger partial charge is 0.481 e. The molecule has 2 aromatic heterocycles. The highest BCUT2D eigenvalue weighted by atomic mass is 35.5. The lowest BCUT2D eigenvalue weighted by Gasteiger charge is -2.29. The van der Waals surface area contributed by atoms with Gasteiger partial charge in [-0.15, -0.1) is 0 Å². The molecule has 0 aliphatic rings. The predicted octanol–water partition coefficient (Wildman–Crippen LogP) is 8.40. The monoisotopic (exact) mass is 748 g/mol. The molecule has 282 valence electrons. The van der Waals surface area contributed by atoms with Gasteiger partial charge in [-0.1, -0.05) is 41.9 Å². The van der Waals surface area contributed by atoms with Gasteiger partial charge in [0.15, 0.2) is 5.78 Å². The first-order valence-electron chi connectivity index (χ1n) is 17.6. The number of ketones is 1. The van der Waals surface area contributed by atoms with Crippen LogP contribution < -0.4 is 11.5 Å². The van der Waals surface area contributed by atoms with Crippen LogP contribution in [0.4, 0.5) is 5.69 Å². The number of carbonyl (C=O) groups is 3. The molecule has 2 heterocycles. The van der Waals surface area contributed by atoms with Crippen LogP contribution in [0.3, 0.4) is 0 Å². The number of nitrogens with zero attached hydrogens (tertiary/aromatic N) is 2. The molecule has 9 nitrogen and oxygen atoms in total. The van der Waals surface area contributed by atoms with Crippen molar-refractivity contribution in [2.75, 3.05) is 5.73 Å². The van der Waals surface area contributed by atoms with Crippen molar-refractivity contribution in [1.82, 2.24) is 9.97 Å². The number of carboxylic acid groups (broad SMARTS) is 1. The maximum Gasteiger partial charge on any atom is 0.316 e. The SMILES string of the molecule is CC(C)(C(=O)O)c1cc(CC(=O)[C@@H](N)Cc2ccc(Cl)cc2)cc(-c2ccncc2)c1.CC(C)(C)OC(=O)C(C)(C)c1cc(N)cc(-c2ccncc2)c1. The van der Waals surface area contributed by atoms with Gasteiger partial charge >= 0.3 is 11.9 Å². The van der Waals surface area contributed by atoms with Gasteiger partial charge in [-0.25, -0.2) is 0 Å². The number of anilines is 1. The molecular weight excluding hydrogens is 700 g/mol. The molecule has 0 amide bonds. The van der Waals surface area contributed by atoms with Crippen LogP contribution in [-0.4, -0.2) is 44.4 Å². The Balaban J connectivity index is 0.000000252. The number of hydrogen-bond acceptors (Lipinski definition) is 8. The third kappa shape index (κ3) is 11.1. The highest BCUT2D eigenvalue weighted by molar-refractivity contribution is 6.30. The Labute approximate surface area is 322 Å². The zero-order valence-corrected chi connectivity index (χ0v) is 32.6. The number of rotatable bonds is 11. The number of esters is 1. The third-order valence-corrected chi connectivity index (χ3v) is 9.28. The minimum Gasteiger partial charge on any atom is -0.481 e. The number of nitrogens with two attached hydrogens (primary N) is 2. The molecule has 0 bridgehead atoms. The molecular formula is C44H49ClN4O5. The fraction of sp³-hybridized carbons (Fsp3) is 0.295. The van der Waals surface area contributed by atoms with E-state index in [0.29, 0.717) is 22.7 Å². The molecule has 0 aliphatic heterocycles. The van der Waals surface area contributed by atoms with Gasteiger partial charge < -0.3 is 21.3 Å². The molecule has 1 atom stereocenters. The third-order valence-electron chi connectivity index (χ3n) is 9.02. The van der Waals surface area contributed by atoms with Crippen LogP contribution >= 0.6 is 11.6 Å². The summed E-state index contributed by atoms with van der Waals surface area (Å²) in [5.41, 5.74) is 17.3. The van der Waals surface area contributed by atoms with Crippen molar-refractivity contribution in [3.05, 3.63) is 137 Å². The lowest BCUT2D eigenvalue weighted by molar-refractivity contribution is -0.160. The second kappa shape index (κ2) is 17.2. The molecule has 3 aromatic carbocycles. The van der Waals surface area contributed by atoms with Gasteiger partial charge in [-0.2, -0.15) is 0 Å². The Bertz CT molecular complexity index is 2080. The van der Waals surface area contributed by atoms with Crippen LogP contribution in [0.1, 0.15) is 70.7 Å². The van der Waals surface area contributed by atoms with E-state index in [1.807, 2.05) is 101 Å². The number of benzene rings is 3. The summed E-state index contributed by atoms with van der Waals surface area (Å²) in [6.45, 7) is 12.6. The van der Waals surface area contributed by atoms with Crippen molar-refractivity contribution >= 4 is 35.0 Å². The smallest absolute Gasteiger partial charge is 0.316 e. The van der Waals surface area contributed by atoms with Gasteiger partial charge in [0.25, 0.3) is 0 Å². The number of nitrogen functional groups attached to an aromatic ring is 1. The predicted molar refractivity (Wildman–Crippen MR) is 215 cm³/mol. The van der Waals surface area contributed by atoms with Gasteiger partial charge in [0.05, 0.1) is 16.9 Å². The molecule has 0 unspecified atom stereocenters. The fourth-order valence-electron chi connectivity index (χ4n) is 5.56. The number of aliphatic carboxylic acids is 1. The zero-order valence-electron chi connectivity index (χ0n) is 31.9. The van der Waals surface area contributed by atoms with Crippen molar-refractivity contribution in [3.63, 3.8) is 0 Å². The van der Waals surface area contributed by atoms with Crippen molar-refractivity contribution in [3.8, 4) is 22.3 Å². The first kappa shape index (κ1) is 41.4. The quantitative estimate of drug-likeness (QED) is 0.0891. The Morgan fingerprint density at radius 2 is 1.19 bits per heavy atom. The van der Waals surface area contributed by atoms with E-state index in [4.69, 9.17) is 27.8 Å². The molecule has 10 heteroatoms. The van der Waals surface area contributed by atoms with Crippen molar-refractivity contribution in [2.45, 2.75) is 83.8 Å². The van der Waals surface area contributed by atoms with E-state index in [-0.39, 0.29) is 18.2 Å². The maximum absolute atomic E-state index is 12.8. The first-order valence-corrected chi connectivity index (χ1v) is 18.0. The summed E-state index contributed by atoms with van der Waals surface area (Å²) in [5.74, 6) is -1.31. The lowest BCUT2D eigenvalue weighted by atomic mass is 9.81. The number of hydrogen-bond donors (Lipinski definition) is 3. The Morgan fingerprint density at radius 1 is 0.685 bits per heavy atom. The standard InChI is InChI=1S/C25H25ClN2O3.C19H24N2O2/c1-25(2,24(30)31)20-12-17(11-19(15-20)18-7-9-28-10-8-18)14-23(29)22(27)13-16-3-5-21(26)6-4-16;1-18(2,3)23-17(22)19(4,5)15-10-14(11-16(20)12-15)13-6-8-21-9-7-13/h3-12,15,22H,13-14,27H2,1-2H3,(H,30,31);6-12H,20H2,1-5H3/t22-;/m0./s1. The number of carbonyl (C=O) groups excluding carboxylic acids is 2. The van der Waals surface area contributed by atoms with E-state index in [1.54, 1.807) is 56.8 Å². The van der Waals surface area contributed by atoms with Gasteiger partial charge in [0, 0.05) is 41.9 Å². The van der Waals surface area contributed by atoms with Crippen LogP contribution in [0, 0.1) is 0 Å². The van der Waals surface area contributed by atoms with Gasteiger partial charge in [-0.05, 0) is 154 Å². The highest BCUT2D eigenvalue weighted by Gasteiger charge is 2.35. The summed E-state index contributed by atoms with van der Waals surface area (Å²) in [7, 11) is 0. The summed E-state index contributed by atoms with van der Waals surface area (Å²) in [4.78, 5) is 45.3. The Hall–Kier alpha value is -5.38. The maximum atomic E-state index is 12.8. The number of Topliss-reactive ketones (excluding diaryl/α,β-unsaturated/α-hetero) is 1. The zero-order chi connectivity index (χ0) is 39.8. The van der Waals surface area contributed by atoms with E-state index in [9.17, 15) is 19.5 Å². The molecule has 0 saturated carbocycles. The number of carboxylic acids is 1. The Morgan fingerprint density at radius 3 is 1.69 bits per heavy atom. The molecule has 0 aliphatic carbocycles. The number of ether oxygens (including phenoxy) is 1. The molecule has 0 saturated heterocycles. The number of aromatic nitrogens is 2. The molecule has 0 radical (unpaired) electrons. The van der Waals surface area contributed by atoms with Crippen LogP contribution in [0.25, 0.3) is 22.3 Å². The topological polar surface area (TPSA) is 158 Å². The normalized spacial score (nSPS) is 12.2. The van der Waals surface area contributed by atoms with E-state index in [0.717, 1.165) is 38.9 Å². The van der Waals surface area contributed by atoms with E-state index >= 15 is 0 Å². The molecule has 5 aromatic rings. The summed E-state index contributed by atoms with van der Waals surface area (Å²) in [6, 6.07) is 25.4. The second-order valence-corrected chi connectivity index (χ2v) is 15.8. The fourth-order valence-corrected chi connectivity index (χ4v) is 5.68. The van der Waals surface area contributed by atoms with Crippen LogP contribution in [-0.2, 0) is 42.8 Å². The lowest BCUT2D eigenvalue weighted by Crippen LogP contribution is -2.36. The van der Waals surface area contributed by atoms with Crippen LogP contribution in [0.2, 0.25) is 5.02 Å². The first-order chi connectivity index (χ1) is 25.3. The minimum absolute atomic E-state index is 0.110. The van der Waals surface area contributed by atoms with Crippen molar-refractivity contribution in [1.29, 1.82) is 0 Å². The number of halogens is 1. The minimum atomic E-state index is -1.10. The summed E-state index contributed by atoms with van der Waals surface area (Å²) in [5, 5.41) is 10.3. The average molecular weight is 749 g/mol. The molecule has 5 rings (SSSR count). The highest BCUT2D eigenvalue weighted by Crippen LogP contribution is 2.33. The number of pyridine rings is 2. The summed E-state index contributed by atoms with van der Waals surface area (Å²) >= 11 is 5.91. The van der Waals surface area contributed by atoms with Crippen molar-refractivity contribution < 1.29 is 24.2 Å². The molecule has 0 fully saturated rings. The van der Waals surface area contributed by atoms with E-state index < -0.39 is 28.4 Å². The summed E-state index contributed by atoms with van der Waals surface area (Å²) in [6.07, 6.45) is 7.35. The molecule has 5 N–H and O–H groups in total. The molecule has 54 heavy (non-hydrogen) atoms. The second-order valence-electron chi connectivity index (χ2n) is 15.4. The van der Waals surface area contributed by atoms with Crippen LogP contribution in [0.5, 0.6) is 0 Å². The van der Waals surface area contributed by atoms with E-state index in [1.165, 1.54) is 0 Å². The van der Waals surface area contributed by atoms with Crippen molar-refractivity contribution in [2.24, 2.45) is 5.73 Å². The van der Waals surface area contributed by atoms with E-state index in [2.05, 4.69) is 9.97 Å². The molecule has 0 spiro atoms. The van der Waals surface area contributed by atoms with Gasteiger partial charge in [-0.3, -0.25) is 24.4 Å². The van der Waals surface area contributed by atoms with Crippen LogP contribution in [0.15, 0.2) is 110 Å². The van der Waals surface area contributed by atoms with Gasteiger partial charge in [0.1, 0.15) is 5.60 Å². The average Bonchev–Trinajstić information content (AvgIpc) is 3.12. The Kier molecular flexibility index (Phi) is 13.2. The summed E-state index contributed by atoms with van der Waals surface area (Å²) < 4.78 is 5.55. The van der Waals surface area contributed by atoms with Gasteiger partial charge in [0.2, 0.25) is 0 Å².